The Morgan fingerprint density at radius 1 is 1.20 bits per heavy atom. The van der Waals surface area contributed by atoms with Crippen molar-refractivity contribution in [3.05, 3.63) is 52.6 Å². The zero-order valence-electron chi connectivity index (χ0n) is 26.1. The lowest BCUT2D eigenvalue weighted by Gasteiger charge is -2.42. The summed E-state index contributed by atoms with van der Waals surface area (Å²) in [6.45, 7) is 14.8. The molecule has 0 amide bonds. The third-order valence-corrected chi connectivity index (χ3v) is 11.4. The van der Waals surface area contributed by atoms with E-state index in [1.807, 2.05) is 13.1 Å². The molecule has 1 aromatic carbocycles. The molecular weight excluding hydrogens is 515 g/mol. The number of likely N-dealkylation sites (N-methyl/N-ethyl adjacent to an activating group) is 1. The first-order valence-corrected chi connectivity index (χ1v) is 16.1. The monoisotopic (exact) mass is 566 g/mol. The van der Waals surface area contributed by atoms with Crippen LogP contribution in [0.2, 0.25) is 0 Å². The van der Waals surface area contributed by atoms with E-state index >= 15 is 0 Å². The second-order valence-electron chi connectivity index (χ2n) is 13.7. The Labute approximate surface area is 246 Å². The molecule has 5 rings (SSSR count). The summed E-state index contributed by atoms with van der Waals surface area (Å²) in [6, 6.07) is 6.49. The first kappa shape index (κ1) is 30.2. The summed E-state index contributed by atoms with van der Waals surface area (Å²) in [5, 5.41) is 15.4. The van der Waals surface area contributed by atoms with Gasteiger partial charge in [0.15, 0.2) is 0 Å². The lowest BCUT2D eigenvalue weighted by molar-refractivity contribution is -0.147. The molecule has 1 spiro atoms. The Kier molecular flexibility index (Phi) is 8.69. The van der Waals surface area contributed by atoms with Gasteiger partial charge in [-0.2, -0.15) is 5.10 Å². The molecule has 7 heteroatoms. The van der Waals surface area contributed by atoms with E-state index in [1.54, 1.807) is 12.1 Å². The molecule has 1 aromatic heterocycles. The van der Waals surface area contributed by atoms with Gasteiger partial charge in [-0.3, -0.25) is 14.4 Å². The van der Waals surface area contributed by atoms with Gasteiger partial charge in [0.05, 0.1) is 5.69 Å². The fraction of sp³-hybridized carbons (Fsp3) is 0.706. The zero-order chi connectivity index (χ0) is 29.5. The molecule has 0 bridgehead atoms. The van der Waals surface area contributed by atoms with E-state index in [1.165, 1.54) is 29.4 Å². The molecule has 1 saturated heterocycles. The van der Waals surface area contributed by atoms with Crippen LogP contribution in [0, 0.1) is 17.7 Å². The zero-order valence-corrected chi connectivity index (χ0v) is 26.1. The van der Waals surface area contributed by atoms with Crippen molar-refractivity contribution in [2.75, 3.05) is 26.7 Å². The lowest BCUT2D eigenvalue weighted by atomic mass is 9.75. The number of hydrogen-bond acceptors (Lipinski definition) is 4. The molecule has 2 aliphatic carbocycles. The number of piperidine rings is 1. The number of nitrogens with zero attached hydrogens (tertiary/aromatic N) is 4. The quantitative estimate of drug-likeness (QED) is 0.367. The van der Waals surface area contributed by atoms with Crippen LogP contribution in [0.15, 0.2) is 24.3 Å². The standard InChI is InChI=1S/C34H51FN4O2/c1-7-29-27-13-14-34(31(27)39(9-3)36-29)15-17-38(18-16-34)22-25-19-24(21-28(25)23-11-10-12-26(35)20-23)30(32(40)41)37(6)33(4,5)8-2/h10-12,20,24-25,28,30H,7-9,13-19,21-22H2,1-6H3,(H,40,41)/t24?,25-,28-,30?/m1/s1. The van der Waals surface area contributed by atoms with E-state index in [9.17, 15) is 14.3 Å². The first-order chi connectivity index (χ1) is 19.5. The highest BCUT2D eigenvalue weighted by molar-refractivity contribution is 5.74. The van der Waals surface area contributed by atoms with E-state index < -0.39 is 12.0 Å². The molecule has 226 valence electrons. The van der Waals surface area contributed by atoms with Gasteiger partial charge in [-0.1, -0.05) is 26.0 Å². The number of likely N-dealkylation sites (tertiary alicyclic amines) is 1. The van der Waals surface area contributed by atoms with Gasteiger partial charge in [-0.15, -0.1) is 0 Å². The third-order valence-electron chi connectivity index (χ3n) is 11.4. The second-order valence-corrected chi connectivity index (χ2v) is 13.7. The molecule has 2 unspecified atom stereocenters. The van der Waals surface area contributed by atoms with Crippen LogP contribution in [-0.4, -0.2) is 68.9 Å². The van der Waals surface area contributed by atoms with Gasteiger partial charge in [0, 0.05) is 29.7 Å². The molecule has 0 radical (unpaired) electrons. The van der Waals surface area contributed by atoms with Gasteiger partial charge < -0.3 is 10.0 Å². The van der Waals surface area contributed by atoms with Crippen molar-refractivity contribution in [3.63, 3.8) is 0 Å². The fourth-order valence-electron chi connectivity index (χ4n) is 8.47. The number of benzene rings is 1. The van der Waals surface area contributed by atoms with Crippen LogP contribution in [0.5, 0.6) is 0 Å². The highest BCUT2D eigenvalue weighted by Gasteiger charge is 2.48. The van der Waals surface area contributed by atoms with E-state index in [0.717, 1.165) is 76.7 Å². The highest BCUT2D eigenvalue weighted by Crippen LogP contribution is 2.50. The highest BCUT2D eigenvalue weighted by atomic mass is 19.1. The second kappa shape index (κ2) is 11.8. The predicted molar refractivity (Wildman–Crippen MR) is 162 cm³/mol. The maximum absolute atomic E-state index is 14.4. The average molecular weight is 567 g/mol. The van der Waals surface area contributed by atoms with Crippen LogP contribution in [0.3, 0.4) is 0 Å². The Morgan fingerprint density at radius 2 is 1.93 bits per heavy atom. The molecule has 2 aromatic rings. The molecule has 2 fully saturated rings. The topological polar surface area (TPSA) is 61.6 Å². The number of carbonyl (C=O) groups is 1. The Morgan fingerprint density at radius 3 is 2.54 bits per heavy atom. The number of fused-ring (bicyclic) bond motifs is 2. The van der Waals surface area contributed by atoms with Gasteiger partial charge in [0.1, 0.15) is 11.9 Å². The van der Waals surface area contributed by atoms with Crippen molar-refractivity contribution < 1.29 is 14.3 Å². The number of aromatic nitrogens is 2. The van der Waals surface area contributed by atoms with Crippen LogP contribution in [0.25, 0.3) is 0 Å². The van der Waals surface area contributed by atoms with Crippen LogP contribution >= 0.6 is 0 Å². The number of carboxylic acids is 1. The van der Waals surface area contributed by atoms with E-state index in [-0.39, 0.29) is 28.6 Å². The van der Waals surface area contributed by atoms with E-state index in [4.69, 9.17) is 5.10 Å². The van der Waals surface area contributed by atoms with Crippen LogP contribution in [0.1, 0.15) is 102 Å². The third kappa shape index (κ3) is 5.61. The first-order valence-electron chi connectivity index (χ1n) is 16.1. The van der Waals surface area contributed by atoms with E-state index in [2.05, 4.69) is 49.1 Å². The fourth-order valence-corrected chi connectivity index (χ4v) is 8.47. The molecule has 2 heterocycles. The Bertz CT molecular complexity index is 1230. The normalized spacial score (nSPS) is 25.2. The predicted octanol–water partition coefficient (Wildman–Crippen LogP) is 6.27. The summed E-state index contributed by atoms with van der Waals surface area (Å²) in [4.78, 5) is 17.4. The molecule has 1 saturated carbocycles. The van der Waals surface area contributed by atoms with Gasteiger partial charge in [0.25, 0.3) is 0 Å². The molecule has 41 heavy (non-hydrogen) atoms. The molecule has 4 atom stereocenters. The minimum absolute atomic E-state index is 0.0292. The maximum Gasteiger partial charge on any atom is 0.321 e. The van der Waals surface area contributed by atoms with Crippen LogP contribution < -0.4 is 0 Å². The molecule has 6 nitrogen and oxygen atoms in total. The maximum atomic E-state index is 14.4. The average Bonchev–Trinajstić information content (AvgIpc) is 3.64. The summed E-state index contributed by atoms with van der Waals surface area (Å²) in [5.41, 5.74) is 5.38. The molecule has 1 N–H and O–H groups in total. The van der Waals surface area contributed by atoms with Crippen molar-refractivity contribution in [2.24, 2.45) is 11.8 Å². The number of hydrogen-bond donors (Lipinski definition) is 1. The number of aliphatic carboxylic acids is 1. The van der Waals surface area contributed by atoms with Gasteiger partial charge in [0.2, 0.25) is 0 Å². The van der Waals surface area contributed by atoms with Crippen molar-refractivity contribution in [3.8, 4) is 0 Å². The van der Waals surface area contributed by atoms with Crippen molar-refractivity contribution in [1.29, 1.82) is 0 Å². The van der Waals surface area contributed by atoms with Gasteiger partial charge >= 0.3 is 5.97 Å². The smallest absolute Gasteiger partial charge is 0.321 e. The number of halogens is 1. The van der Waals surface area contributed by atoms with Crippen LogP contribution in [0.4, 0.5) is 4.39 Å². The van der Waals surface area contributed by atoms with Crippen molar-refractivity contribution in [1.82, 2.24) is 19.6 Å². The molecule has 3 aliphatic rings. The van der Waals surface area contributed by atoms with Crippen LogP contribution in [-0.2, 0) is 29.6 Å². The SMILES string of the molecule is CCc1nn(CC)c2c1CCC21CCN(C[C@H]2CC(C(C(=O)O)N(C)C(C)(C)CC)C[C@@H]2c2cccc(F)c2)CC1. The molecular formula is C34H51FN4O2. The lowest BCUT2D eigenvalue weighted by Crippen LogP contribution is -2.53. The van der Waals surface area contributed by atoms with Crippen molar-refractivity contribution >= 4 is 5.97 Å². The largest absolute Gasteiger partial charge is 0.480 e. The summed E-state index contributed by atoms with van der Waals surface area (Å²) < 4.78 is 16.7. The van der Waals surface area contributed by atoms with E-state index in [0.29, 0.717) is 5.92 Å². The minimum atomic E-state index is -0.742. The van der Waals surface area contributed by atoms with Gasteiger partial charge in [-0.25, -0.2) is 4.39 Å². The van der Waals surface area contributed by atoms with Gasteiger partial charge in [-0.05, 0) is 133 Å². The minimum Gasteiger partial charge on any atom is -0.480 e. The van der Waals surface area contributed by atoms with Crippen molar-refractivity contribution in [2.45, 2.75) is 115 Å². The number of rotatable bonds is 10. The Hall–Kier alpha value is -2.25. The summed E-state index contributed by atoms with van der Waals surface area (Å²) in [6.07, 6.45) is 8.22. The summed E-state index contributed by atoms with van der Waals surface area (Å²) in [5.74, 6) is -0.448. The summed E-state index contributed by atoms with van der Waals surface area (Å²) >= 11 is 0. The summed E-state index contributed by atoms with van der Waals surface area (Å²) in [7, 11) is 1.97. The molecule has 1 aliphatic heterocycles. The Balaban J connectivity index is 1.35. The number of carboxylic acid groups (broad SMARTS) is 1. The number of aryl methyl sites for hydroxylation is 2.